The highest BCUT2D eigenvalue weighted by Gasteiger charge is 2.41. The highest BCUT2D eigenvalue weighted by molar-refractivity contribution is 8.26. The van der Waals surface area contributed by atoms with Gasteiger partial charge in [-0.1, -0.05) is 53.2 Å². The van der Waals surface area contributed by atoms with Gasteiger partial charge in [0.25, 0.3) is 0 Å². The van der Waals surface area contributed by atoms with Crippen LogP contribution in [0.5, 0.6) is 5.75 Å². The zero-order valence-corrected chi connectivity index (χ0v) is 17.2. The molecule has 1 atom stereocenters. The average molecular weight is 421 g/mol. The smallest absolute Gasteiger partial charge is 0.206 e. The Morgan fingerprint density at radius 2 is 1.64 bits per heavy atom. The number of hydrogen-bond donors (Lipinski definition) is 3. The second kappa shape index (κ2) is 8.59. The summed E-state index contributed by atoms with van der Waals surface area (Å²) >= 11 is 0. The summed E-state index contributed by atoms with van der Waals surface area (Å²) in [6.07, 6.45) is 1.35. The molecule has 0 unspecified atom stereocenters. The number of fused-ring (bicyclic) bond motifs is 2. The maximum absolute atomic E-state index is 11.2. The van der Waals surface area contributed by atoms with Gasteiger partial charge in [0.1, 0.15) is 11.4 Å². The van der Waals surface area contributed by atoms with Crippen LogP contribution in [0.3, 0.4) is 0 Å². The SMILES string of the molecule is CNCCC[C@@H]1Oc2cc3ccccc3cc2N(c2ccccc2)S1(O)O.Cl. The van der Waals surface area contributed by atoms with Gasteiger partial charge in [-0.25, -0.2) is 4.31 Å². The molecular weight excluding hydrogens is 396 g/mol. The van der Waals surface area contributed by atoms with Crippen LogP contribution < -0.4 is 14.4 Å². The fourth-order valence-corrected chi connectivity index (χ4v) is 5.26. The molecule has 3 aromatic carbocycles. The van der Waals surface area contributed by atoms with E-state index in [1.54, 1.807) is 4.31 Å². The van der Waals surface area contributed by atoms with Crippen molar-refractivity contribution in [1.82, 2.24) is 5.32 Å². The van der Waals surface area contributed by atoms with Gasteiger partial charge in [-0.05, 0) is 55.1 Å². The third kappa shape index (κ3) is 3.79. The molecule has 0 saturated heterocycles. The first-order valence-electron chi connectivity index (χ1n) is 9.08. The van der Waals surface area contributed by atoms with Crippen LogP contribution in [0.25, 0.3) is 10.8 Å². The Labute approximate surface area is 173 Å². The molecule has 0 aromatic heterocycles. The Balaban J connectivity index is 0.00000225. The zero-order valence-electron chi connectivity index (χ0n) is 15.6. The van der Waals surface area contributed by atoms with Gasteiger partial charge >= 0.3 is 0 Å². The molecule has 0 radical (unpaired) electrons. The van der Waals surface area contributed by atoms with Crippen molar-refractivity contribution in [3.63, 3.8) is 0 Å². The number of ether oxygens (including phenoxy) is 1. The molecule has 0 aliphatic carbocycles. The lowest BCUT2D eigenvalue weighted by Gasteiger charge is -2.52. The molecule has 1 aliphatic rings. The number of benzene rings is 3. The van der Waals surface area contributed by atoms with Gasteiger partial charge in [-0.3, -0.25) is 9.11 Å². The van der Waals surface area contributed by atoms with Crippen molar-refractivity contribution >= 4 is 45.3 Å². The van der Waals surface area contributed by atoms with Crippen molar-refractivity contribution in [3.05, 3.63) is 66.7 Å². The summed E-state index contributed by atoms with van der Waals surface area (Å²) in [5, 5.41) is 5.20. The van der Waals surface area contributed by atoms with Crippen molar-refractivity contribution in [3.8, 4) is 5.75 Å². The molecule has 7 heteroatoms. The molecule has 3 N–H and O–H groups in total. The van der Waals surface area contributed by atoms with Gasteiger partial charge < -0.3 is 10.1 Å². The third-order valence-corrected chi connectivity index (χ3v) is 6.77. The molecule has 1 aliphatic heterocycles. The number of nitrogens with zero attached hydrogens (tertiary/aromatic N) is 1. The van der Waals surface area contributed by atoms with Crippen molar-refractivity contribution < 1.29 is 13.8 Å². The molecule has 0 bridgehead atoms. The van der Waals surface area contributed by atoms with Gasteiger partial charge in [-0.2, -0.15) is 0 Å². The summed E-state index contributed by atoms with van der Waals surface area (Å²) in [5.41, 5.74) is 0.750. The molecule has 28 heavy (non-hydrogen) atoms. The van der Waals surface area contributed by atoms with E-state index in [9.17, 15) is 9.11 Å². The van der Waals surface area contributed by atoms with E-state index in [0.717, 1.165) is 29.4 Å². The first-order chi connectivity index (χ1) is 13.1. The summed E-state index contributed by atoms with van der Waals surface area (Å²) in [7, 11) is -1.31. The van der Waals surface area contributed by atoms with Crippen LogP contribution in [0.2, 0.25) is 0 Å². The van der Waals surface area contributed by atoms with Gasteiger partial charge in [-0.15, -0.1) is 12.4 Å². The van der Waals surface area contributed by atoms with E-state index >= 15 is 0 Å². The molecule has 0 saturated carbocycles. The predicted molar refractivity (Wildman–Crippen MR) is 120 cm³/mol. The second-order valence-electron chi connectivity index (χ2n) is 6.65. The lowest BCUT2D eigenvalue weighted by molar-refractivity contribution is 0.236. The minimum atomic E-state index is -3.20. The van der Waals surface area contributed by atoms with Crippen LogP contribution in [0.4, 0.5) is 11.4 Å². The van der Waals surface area contributed by atoms with Crippen molar-refractivity contribution in [2.45, 2.75) is 18.3 Å². The van der Waals surface area contributed by atoms with E-state index in [2.05, 4.69) is 5.32 Å². The van der Waals surface area contributed by atoms with Gasteiger partial charge in [0.15, 0.2) is 0 Å². The maximum Gasteiger partial charge on any atom is 0.206 e. The summed E-state index contributed by atoms with van der Waals surface area (Å²) in [4.78, 5) is 0. The van der Waals surface area contributed by atoms with Crippen molar-refractivity contribution in [1.29, 1.82) is 0 Å². The van der Waals surface area contributed by atoms with Crippen LogP contribution in [-0.4, -0.2) is 28.1 Å². The normalized spacial score (nSPS) is 18.7. The number of rotatable bonds is 5. The average Bonchev–Trinajstić information content (AvgIpc) is 2.67. The van der Waals surface area contributed by atoms with Gasteiger partial charge in [0.2, 0.25) is 5.44 Å². The zero-order chi connectivity index (χ0) is 18.9. The fraction of sp³-hybridized carbons (Fsp3) is 0.238. The van der Waals surface area contributed by atoms with Crippen LogP contribution in [0, 0.1) is 0 Å². The summed E-state index contributed by atoms with van der Waals surface area (Å²) in [5.74, 6) is 0.679. The van der Waals surface area contributed by atoms with E-state index in [0.29, 0.717) is 17.9 Å². The van der Waals surface area contributed by atoms with E-state index in [-0.39, 0.29) is 12.4 Å². The minimum Gasteiger partial charge on any atom is -0.467 e. The molecule has 3 aromatic rings. The van der Waals surface area contributed by atoms with E-state index < -0.39 is 16.2 Å². The van der Waals surface area contributed by atoms with E-state index in [1.165, 1.54) is 0 Å². The molecule has 0 amide bonds. The Morgan fingerprint density at radius 3 is 2.32 bits per heavy atom. The predicted octanol–water partition coefficient (Wildman–Crippen LogP) is 5.78. The molecular formula is C21H25ClN2O3S. The third-order valence-electron chi connectivity index (χ3n) is 4.78. The summed E-state index contributed by atoms with van der Waals surface area (Å²) in [6.45, 7) is 0.797. The lowest BCUT2D eigenvalue weighted by Crippen LogP contribution is -2.39. The minimum absolute atomic E-state index is 0. The molecule has 4 rings (SSSR count). The highest BCUT2D eigenvalue weighted by Crippen LogP contribution is 2.62. The molecule has 0 fully saturated rings. The second-order valence-corrected chi connectivity index (χ2v) is 8.66. The quantitative estimate of drug-likeness (QED) is 0.456. The Morgan fingerprint density at radius 1 is 1.00 bits per heavy atom. The Hall–Kier alpha value is -1.96. The first-order valence-corrected chi connectivity index (χ1v) is 10.6. The molecule has 0 spiro atoms. The molecule has 5 nitrogen and oxygen atoms in total. The van der Waals surface area contributed by atoms with Crippen LogP contribution in [0.15, 0.2) is 66.7 Å². The number of nitrogens with one attached hydrogen (secondary N) is 1. The van der Waals surface area contributed by atoms with Gasteiger partial charge in [0.05, 0.1) is 5.69 Å². The van der Waals surface area contributed by atoms with Gasteiger partial charge in [0, 0.05) is 6.42 Å². The van der Waals surface area contributed by atoms with Crippen molar-refractivity contribution in [2.75, 3.05) is 17.9 Å². The van der Waals surface area contributed by atoms with Crippen LogP contribution >= 0.6 is 23.2 Å². The monoisotopic (exact) mass is 420 g/mol. The standard InChI is InChI=1S/C21H24N2O3S.ClH/c1-22-13-7-12-21-26-20-15-17-9-6-5-8-16(17)14-19(20)23(27(21,24)25)18-10-3-2-4-11-18;/h2-6,8-11,14-15,21-22,24-25H,7,12-13H2,1H3;1H/t21-;/m1./s1. The van der Waals surface area contributed by atoms with Crippen LogP contribution in [-0.2, 0) is 0 Å². The van der Waals surface area contributed by atoms with Crippen LogP contribution in [0.1, 0.15) is 12.8 Å². The fourth-order valence-electron chi connectivity index (χ4n) is 3.45. The first kappa shape index (κ1) is 20.8. The Kier molecular flexibility index (Phi) is 6.37. The number of para-hydroxylation sites is 1. The van der Waals surface area contributed by atoms with Crippen molar-refractivity contribution in [2.24, 2.45) is 0 Å². The largest absolute Gasteiger partial charge is 0.467 e. The Bertz CT molecular complexity index is 939. The lowest BCUT2D eigenvalue weighted by atomic mass is 10.1. The topological polar surface area (TPSA) is 65.0 Å². The van der Waals surface area contributed by atoms with E-state index in [1.807, 2.05) is 73.8 Å². The molecule has 1 heterocycles. The highest BCUT2D eigenvalue weighted by atomic mass is 35.5. The van der Waals surface area contributed by atoms with E-state index in [4.69, 9.17) is 4.74 Å². The number of anilines is 2. The summed E-state index contributed by atoms with van der Waals surface area (Å²) < 4.78 is 30.1. The molecule has 150 valence electrons. The number of halogens is 1. The summed E-state index contributed by atoms with van der Waals surface area (Å²) in [6, 6.07) is 21.5. The number of hydrogen-bond acceptors (Lipinski definition) is 5. The maximum atomic E-state index is 11.2.